The second kappa shape index (κ2) is 9.49. The fourth-order valence-electron chi connectivity index (χ4n) is 3.74. The molecule has 5 unspecified atom stereocenters. The molecule has 0 radical (unpaired) electrons. The minimum Gasteiger partial charge on any atom is -0.507 e. The number of phenols is 1. The van der Waals surface area contributed by atoms with Crippen LogP contribution in [0.3, 0.4) is 0 Å². The van der Waals surface area contributed by atoms with E-state index >= 15 is 0 Å². The highest BCUT2D eigenvalue weighted by molar-refractivity contribution is 5.91. The molecule has 2 aromatic carbocycles. The lowest BCUT2D eigenvalue weighted by Crippen LogP contribution is -2.60. The Hall–Kier alpha value is -3.35. The molecule has 2 heterocycles. The summed E-state index contributed by atoms with van der Waals surface area (Å²) in [5.74, 6) is 0.0506. The van der Waals surface area contributed by atoms with E-state index < -0.39 is 48.5 Å². The number of aromatic hydroxyl groups is 1. The molecular formula is C23H24O11. The number of aliphatic hydroxyl groups is 4. The molecule has 0 saturated carbocycles. The average molecular weight is 476 g/mol. The summed E-state index contributed by atoms with van der Waals surface area (Å²) in [5.41, 5.74) is -0.107. The van der Waals surface area contributed by atoms with Crippen LogP contribution in [0.5, 0.6) is 23.0 Å². The van der Waals surface area contributed by atoms with Gasteiger partial charge in [0, 0.05) is 17.7 Å². The molecule has 0 bridgehead atoms. The summed E-state index contributed by atoms with van der Waals surface area (Å²) in [6.45, 7) is -0.648. The molecule has 182 valence electrons. The first-order chi connectivity index (χ1) is 16.3. The second-order valence-corrected chi connectivity index (χ2v) is 7.65. The van der Waals surface area contributed by atoms with E-state index in [9.17, 15) is 30.3 Å². The van der Waals surface area contributed by atoms with Crippen LogP contribution in [-0.4, -0.2) is 77.1 Å². The van der Waals surface area contributed by atoms with Gasteiger partial charge in [-0.1, -0.05) is 0 Å². The van der Waals surface area contributed by atoms with Gasteiger partial charge in [0.15, 0.2) is 16.8 Å². The molecule has 1 aliphatic rings. The highest BCUT2D eigenvalue weighted by Gasteiger charge is 2.45. The number of benzene rings is 2. The zero-order valence-corrected chi connectivity index (χ0v) is 18.2. The molecule has 0 spiro atoms. The summed E-state index contributed by atoms with van der Waals surface area (Å²) in [5, 5.41) is 50.0. The summed E-state index contributed by atoms with van der Waals surface area (Å²) < 4.78 is 27.4. The SMILES string of the molecule is COc1ccc(-c2cc(=O)c3c(O)cc(OC4OC(CO)C(O)C(O)C4O)c(OC)c3o2)cc1. The Morgan fingerprint density at radius 2 is 1.68 bits per heavy atom. The van der Waals surface area contributed by atoms with E-state index in [1.165, 1.54) is 20.3 Å². The maximum atomic E-state index is 12.8. The van der Waals surface area contributed by atoms with Crippen molar-refractivity contribution in [1.82, 2.24) is 0 Å². The fraction of sp³-hybridized carbons (Fsp3) is 0.348. The molecular weight excluding hydrogens is 452 g/mol. The van der Waals surface area contributed by atoms with Crippen LogP contribution in [0.15, 0.2) is 45.6 Å². The summed E-state index contributed by atoms with van der Waals surface area (Å²) in [6, 6.07) is 9.04. The van der Waals surface area contributed by atoms with Gasteiger partial charge in [0.2, 0.25) is 12.0 Å². The molecule has 0 amide bonds. The molecule has 1 fully saturated rings. The Balaban J connectivity index is 1.79. The van der Waals surface area contributed by atoms with Crippen molar-refractivity contribution < 1.29 is 48.9 Å². The minimum absolute atomic E-state index is 0.0859. The number of rotatable bonds is 6. The van der Waals surface area contributed by atoms with Crippen molar-refractivity contribution in [2.45, 2.75) is 30.7 Å². The van der Waals surface area contributed by atoms with Crippen LogP contribution in [0.2, 0.25) is 0 Å². The van der Waals surface area contributed by atoms with E-state index in [1.807, 2.05) is 0 Å². The highest BCUT2D eigenvalue weighted by Crippen LogP contribution is 2.42. The van der Waals surface area contributed by atoms with Crippen molar-refractivity contribution in [1.29, 1.82) is 0 Å². The quantitative estimate of drug-likeness (QED) is 0.333. The van der Waals surface area contributed by atoms with E-state index in [0.717, 1.165) is 6.07 Å². The van der Waals surface area contributed by atoms with Gasteiger partial charge >= 0.3 is 0 Å². The first kappa shape index (κ1) is 23.8. The predicted octanol–water partition coefficient (Wildman–Crippen LogP) is 0.361. The molecule has 5 atom stereocenters. The Bertz CT molecular complexity index is 1220. The smallest absolute Gasteiger partial charge is 0.229 e. The Morgan fingerprint density at radius 1 is 0.971 bits per heavy atom. The summed E-state index contributed by atoms with van der Waals surface area (Å²) >= 11 is 0. The lowest BCUT2D eigenvalue weighted by molar-refractivity contribution is -0.277. The number of aliphatic hydroxyl groups excluding tert-OH is 4. The van der Waals surface area contributed by atoms with Crippen molar-refractivity contribution in [3.8, 4) is 34.3 Å². The van der Waals surface area contributed by atoms with Gasteiger partial charge in [0.1, 0.15) is 47.1 Å². The molecule has 3 aromatic rings. The third kappa shape index (κ3) is 4.15. The van der Waals surface area contributed by atoms with E-state index in [-0.39, 0.29) is 28.2 Å². The van der Waals surface area contributed by atoms with E-state index in [4.69, 9.17) is 23.4 Å². The molecule has 11 nitrogen and oxygen atoms in total. The summed E-state index contributed by atoms with van der Waals surface area (Å²) in [4.78, 5) is 12.8. The van der Waals surface area contributed by atoms with Gasteiger partial charge in [0.25, 0.3) is 0 Å². The largest absolute Gasteiger partial charge is 0.507 e. The molecule has 1 saturated heterocycles. The minimum atomic E-state index is -1.70. The number of fused-ring (bicyclic) bond motifs is 1. The van der Waals surface area contributed by atoms with Crippen LogP contribution in [0.25, 0.3) is 22.3 Å². The normalized spacial score (nSPS) is 24.7. The van der Waals surface area contributed by atoms with Gasteiger partial charge < -0.3 is 48.9 Å². The molecule has 1 aliphatic heterocycles. The van der Waals surface area contributed by atoms with E-state index in [2.05, 4.69) is 0 Å². The van der Waals surface area contributed by atoms with Gasteiger partial charge in [-0.2, -0.15) is 0 Å². The van der Waals surface area contributed by atoms with Crippen molar-refractivity contribution >= 4 is 11.0 Å². The number of methoxy groups -OCH3 is 2. The maximum absolute atomic E-state index is 12.8. The second-order valence-electron chi connectivity index (χ2n) is 7.65. The van der Waals surface area contributed by atoms with Gasteiger partial charge in [0.05, 0.1) is 20.8 Å². The van der Waals surface area contributed by atoms with Crippen LogP contribution < -0.4 is 19.6 Å². The fourth-order valence-corrected chi connectivity index (χ4v) is 3.74. The molecule has 34 heavy (non-hydrogen) atoms. The van der Waals surface area contributed by atoms with Gasteiger partial charge in [-0.25, -0.2) is 0 Å². The zero-order chi connectivity index (χ0) is 24.6. The maximum Gasteiger partial charge on any atom is 0.229 e. The first-order valence-electron chi connectivity index (χ1n) is 10.3. The topological polar surface area (TPSA) is 168 Å². The number of hydrogen-bond acceptors (Lipinski definition) is 11. The van der Waals surface area contributed by atoms with E-state index in [0.29, 0.717) is 11.3 Å². The van der Waals surface area contributed by atoms with Gasteiger partial charge in [-0.3, -0.25) is 4.79 Å². The van der Waals surface area contributed by atoms with Crippen molar-refractivity contribution in [3.63, 3.8) is 0 Å². The number of hydrogen-bond donors (Lipinski definition) is 5. The Labute approximate surface area is 192 Å². The monoisotopic (exact) mass is 476 g/mol. The van der Waals surface area contributed by atoms with E-state index in [1.54, 1.807) is 24.3 Å². The molecule has 1 aromatic heterocycles. The van der Waals surface area contributed by atoms with Crippen molar-refractivity contribution in [2.24, 2.45) is 0 Å². The van der Waals surface area contributed by atoms with Crippen LogP contribution >= 0.6 is 0 Å². The predicted molar refractivity (Wildman–Crippen MR) is 117 cm³/mol. The number of ether oxygens (including phenoxy) is 4. The van der Waals surface area contributed by atoms with Crippen LogP contribution in [0, 0.1) is 0 Å². The Kier molecular flexibility index (Phi) is 6.64. The number of phenolic OH excluding ortho intramolecular Hbond substituents is 1. The molecule has 0 aliphatic carbocycles. The van der Waals surface area contributed by atoms with Crippen LogP contribution in [-0.2, 0) is 4.74 Å². The first-order valence-corrected chi connectivity index (χ1v) is 10.3. The van der Waals surface area contributed by atoms with Crippen molar-refractivity contribution in [3.05, 3.63) is 46.6 Å². The average Bonchev–Trinajstić information content (AvgIpc) is 2.84. The summed E-state index contributed by atoms with van der Waals surface area (Å²) in [6.07, 6.45) is -7.69. The van der Waals surface area contributed by atoms with Crippen LogP contribution in [0.4, 0.5) is 0 Å². The van der Waals surface area contributed by atoms with Crippen molar-refractivity contribution in [2.75, 3.05) is 20.8 Å². The van der Waals surface area contributed by atoms with Gasteiger partial charge in [-0.05, 0) is 24.3 Å². The third-order valence-corrected chi connectivity index (χ3v) is 5.57. The summed E-state index contributed by atoms with van der Waals surface area (Å²) in [7, 11) is 2.81. The van der Waals surface area contributed by atoms with Gasteiger partial charge in [-0.15, -0.1) is 0 Å². The lowest BCUT2D eigenvalue weighted by Gasteiger charge is -2.39. The molecule has 11 heteroatoms. The zero-order valence-electron chi connectivity index (χ0n) is 18.2. The lowest BCUT2D eigenvalue weighted by atomic mass is 9.99. The highest BCUT2D eigenvalue weighted by atomic mass is 16.7. The molecule has 4 rings (SSSR count). The Morgan fingerprint density at radius 3 is 2.29 bits per heavy atom. The van der Waals surface area contributed by atoms with Crippen LogP contribution in [0.1, 0.15) is 0 Å². The standard InChI is InChI=1S/C23H24O11/c1-30-11-5-3-10(4-6-11)14-7-12(25)17-13(26)8-15(21(31-2)22(17)32-14)33-23-20(29)19(28)18(27)16(9-24)34-23/h3-8,16,18-20,23-24,26-29H,9H2,1-2H3. The molecule has 5 N–H and O–H groups in total. The third-order valence-electron chi connectivity index (χ3n) is 5.57.